The first-order valence-corrected chi connectivity index (χ1v) is 17.5. The van der Waals surface area contributed by atoms with Gasteiger partial charge in [-0.25, -0.2) is 0 Å². The summed E-state index contributed by atoms with van der Waals surface area (Å²) in [6.07, 6.45) is -4.53. The van der Waals surface area contributed by atoms with Crippen LogP contribution < -0.4 is 0 Å². The Hall–Kier alpha value is -5.80. The average molecular weight is 690 g/mol. The fraction of sp³-hybridized carbons (Fsp3) is 0.196. The van der Waals surface area contributed by atoms with Gasteiger partial charge in [-0.15, -0.1) is 0 Å². The number of alkyl halides is 3. The molecule has 2 aromatic heterocycles. The predicted octanol–water partition coefficient (Wildman–Crippen LogP) is 13.0. The summed E-state index contributed by atoms with van der Waals surface area (Å²) in [6.45, 7) is 13.0. The Morgan fingerprint density at radius 2 is 1.02 bits per heavy atom. The zero-order chi connectivity index (χ0) is 36.7. The molecular weight excluding hydrogens is 652 g/mol. The quantitative estimate of drug-likeness (QED) is 0.182. The minimum absolute atomic E-state index is 0.125. The number of halogens is 3. The standard InChI is InChI=1S/C46H38F3N3/c1-44(2,3)29-18-20-35-33-14-7-9-16-38(33)51(41(35)25-29)40-23-22-32(28-12-11-13-31(24-28)46(47,48)49)43(37(40)27-50)52-39-17-10-8-15-34(39)36-21-19-30(26-42(36)52)45(4,5)6/h7-26H,1-6H3. The molecule has 0 saturated heterocycles. The van der Waals surface area contributed by atoms with Crippen LogP contribution in [0.3, 0.4) is 0 Å². The van der Waals surface area contributed by atoms with E-state index in [9.17, 15) is 18.4 Å². The van der Waals surface area contributed by atoms with Crippen LogP contribution in [0.25, 0.3) is 66.1 Å². The first-order chi connectivity index (χ1) is 24.7. The van der Waals surface area contributed by atoms with Gasteiger partial charge in [-0.3, -0.25) is 0 Å². The first kappa shape index (κ1) is 33.3. The molecule has 0 amide bonds. The molecule has 0 bridgehead atoms. The van der Waals surface area contributed by atoms with E-state index in [4.69, 9.17) is 0 Å². The van der Waals surface area contributed by atoms with E-state index in [0.29, 0.717) is 28.1 Å². The SMILES string of the molecule is CC(C)(C)c1ccc2c3ccccc3n(-c3ccc(-c4cccc(C(F)(F)F)c4)c(-n4c5ccccc5c5ccc(C(C)(C)C)cc54)c3C#N)c2c1. The maximum atomic E-state index is 14.2. The molecule has 0 spiro atoms. The molecule has 0 aliphatic carbocycles. The van der Waals surface area contributed by atoms with E-state index in [1.807, 2.05) is 42.5 Å². The highest BCUT2D eigenvalue weighted by Gasteiger charge is 2.31. The van der Waals surface area contributed by atoms with Gasteiger partial charge >= 0.3 is 6.18 Å². The monoisotopic (exact) mass is 689 g/mol. The van der Waals surface area contributed by atoms with Crippen LogP contribution in [0.4, 0.5) is 13.2 Å². The zero-order valence-corrected chi connectivity index (χ0v) is 30.0. The molecular formula is C46H38F3N3. The summed E-state index contributed by atoms with van der Waals surface area (Å²) in [5.41, 5.74) is 7.33. The first-order valence-electron chi connectivity index (χ1n) is 17.5. The maximum Gasteiger partial charge on any atom is 0.416 e. The van der Waals surface area contributed by atoms with Gasteiger partial charge in [-0.2, -0.15) is 18.4 Å². The van der Waals surface area contributed by atoms with Crippen molar-refractivity contribution in [2.75, 3.05) is 0 Å². The van der Waals surface area contributed by atoms with E-state index in [2.05, 4.69) is 111 Å². The molecule has 0 aliphatic heterocycles. The summed E-state index contributed by atoms with van der Waals surface area (Å²) in [7, 11) is 0. The Morgan fingerprint density at radius 1 is 0.500 bits per heavy atom. The van der Waals surface area contributed by atoms with Gasteiger partial charge in [0.1, 0.15) is 11.6 Å². The molecule has 6 aromatic carbocycles. The third-order valence-electron chi connectivity index (χ3n) is 10.3. The van der Waals surface area contributed by atoms with Crippen LogP contribution in [0.15, 0.2) is 121 Å². The zero-order valence-electron chi connectivity index (χ0n) is 30.0. The van der Waals surface area contributed by atoms with Gasteiger partial charge in [0.05, 0.1) is 39.0 Å². The van der Waals surface area contributed by atoms with Crippen molar-refractivity contribution in [2.45, 2.75) is 58.5 Å². The van der Waals surface area contributed by atoms with E-state index < -0.39 is 11.7 Å². The Kier molecular flexibility index (Phi) is 7.45. The molecule has 0 N–H and O–H groups in total. The molecule has 3 nitrogen and oxygen atoms in total. The van der Waals surface area contributed by atoms with Crippen molar-refractivity contribution >= 4 is 43.6 Å². The van der Waals surface area contributed by atoms with E-state index in [-0.39, 0.29) is 10.8 Å². The summed E-state index contributed by atoms with van der Waals surface area (Å²) < 4.78 is 46.8. The number of nitrogens with zero attached hydrogens (tertiary/aromatic N) is 3. The second kappa shape index (κ2) is 11.6. The van der Waals surface area contributed by atoms with Crippen LogP contribution in [0.2, 0.25) is 0 Å². The lowest BCUT2D eigenvalue weighted by atomic mass is 9.86. The Morgan fingerprint density at radius 3 is 1.56 bits per heavy atom. The second-order valence-corrected chi connectivity index (χ2v) is 15.7. The van der Waals surface area contributed by atoms with E-state index in [1.165, 1.54) is 12.1 Å². The number of benzene rings is 6. The summed E-state index contributed by atoms with van der Waals surface area (Å²) in [5.74, 6) is 0. The molecule has 258 valence electrons. The average Bonchev–Trinajstić information content (AvgIpc) is 3.62. The normalized spacial score (nSPS) is 12.7. The second-order valence-electron chi connectivity index (χ2n) is 15.7. The minimum atomic E-state index is -4.53. The van der Waals surface area contributed by atoms with Gasteiger partial charge in [0.25, 0.3) is 0 Å². The van der Waals surface area contributed by atoms with Crippen molar-refractivity contribution < 1.29 is 13.2 Å². The van der Waals surface area contributed by atoms with E-state index in [0.717, 1.165) is 60.8 Å². The molecule has 0 fully saturated rings. The number of nitriles is 1. The highest BCUT2D eigenvalue weighted by atomic mass is 19.4. The lowest BCUT2D eigenvalue weighted by Gasteiger charge is -2.22. The molecule has 52 heavy (non-hydrogen) atoms. The Balaban J connectivity index is 1.57. The molecule has 0 unspecified atom stereocenters. The van der Waals surface area contributed by atoms with Gasteiger partial charge in [0.2, 0.25) is 0 Å². The number of para-hydroxylation sites is 2. The molecule has 0 atom stereocenters. The third kappa shape index (κ3) is 5.26. The smallest absolute Gasteiger partial charge is 0.308 e. The number of aromatic nitrogens is 2. The molecule has 8 rings (SSSR count). The van der Waals surface area contributed by atoms with Crippen molar-refractivity contribution in [3.8, 4) is 28.6 Å². The van der Waals surface area contributed by atoms with Crippen molar-refractivity contribution in [1.29, 1.82) is 5.26 Å². The Bertz CT molecular complexity index is 2760. The summed E-state index contributed by atoms with van der Waals surface area (Å²) in [5, 5.41) is 15.5. The molecule has 2 heterocycles. The molecule has 0 radical (unpaired) electrons. The van der Waals surface area contributed by atoms with Crippen molar-refractivity contribution in [2.24, 2.45) is 0 Å². The number of hydrogen-bond donors (Lipinski definition) is 0. The van der Waals surface area contributed by atoms with Crippen LogP contribution in [-0.4, -0.2) is 9.13 Å². The number of fused-ring (bicyclic) bond motifs is 6. The molecule has 8 aromatic rings. The van der Waals surface area contributed by atoms with Crippen LogP contribution in [-0.2, 0) is 17.0 Å². The van der Waals surface area contributed by atoms with Crippen molar-refractivity contribution in [3.63, 3.8) is 0 Å². The van der Waals surface area contributed by atoms with Crippen molar-refractivity contribution in [1.82, 2.24) is 9.13 Å². The van der Waals surface area contributed by atoms with Crippen LogP contribution in [0, 0.1) is 11.3 Å². The summed E-state index contributed by atoms with van der Waals surface area (Å²) in [4.78, 5) is 0. The fourth-order valence-corrected chi connectivity index (χ4v) is 7.58. The van der Waals surface area contributed by atoms with Crippen LogP contribution in [0.1, 0.15) is 63.8 Å². The van der Waals surface area contributed by atoms with Gasteiger partial charge in [0, 0.05) is 27.1 Å². The van der Waals surface area contributed by atoms with Gasteiger partial charge in [-0.1, -0.05) is 120 Å². The minimum Gasteiger partial charge on any atom is -0.308 e. The third-order valence-corrected chi connectivity index (χ3v) is 10.3. The number of hydrogen-bond acceptors (Lipinski definition) is 1. The number of rotatable bonds is 3. The van der Waals surface area contributed by atoms with Crippen molar-refractivity contribution in [3.05, 3.63) is 144 Å². The van der Waals surface area contributed by atoms with Gasteiger partial charge in [-0.05, 0) is 70.0 Å². The fourth-order valence-electron chi connectivity index (χ4n) is 7.58. The summed E-state index contributed by atoms with van der Waals surface area (Å²) >= 11 is 0. The molecule has 0 aliphatic rings. The molecule has 6 heteroatoms. The van der Waals surface area contributed by atoms with E-state index >= 15 is 0 Å². The maximum absolute atomic E-state index is 14.2. The predicted molar refractivity (Wildman–Crippen MR) is 208 cm³/mol. The topological polar surface area (TPSA) is 33.6 Å². The van der Waals surface area contributed by atoms with Gasteiger partial charge < -0.3 is 9.13 Å². The molecule has 0 saturated carbocycles. The highest BCUT2D eigenvalue weighted by molar-refractivity contribution is 6.12. The lowest BCUT2D eigenvalue weighted by Crippen LogP contribution is -2.12. The lowest BCUT2D eigenvalue weighted by molar-refractivity contribution is -0.137. The largest absolute Gasteiger partial charge is 0.416 e. The van der Waals surface area contributed by atoms with Crippen LogP contribution in [0.5, 0.6) is 0 Å². The summed E-state index contributed by atoms with van der Waals surface area (Å²) in [6, 6.07) is 40.9. The van der Waals surface area contributed by atoms with E-state index in [1.54, 1.807) is 6.07 Å². The highest BCUT2D eigenvalue weighted by Crippen LogP contribution is 2.44. The van der Waals surface area contributed by atoms with Gasteiger partial charge in [0.15, 0.2) is 0 Å². The van der Waals surface area contributed by atoms with Crippen LogP contribution >= 0.6 is 0 Å². The Labute approximate surface area is 301 Å².